The Kier molecular flexibility index (Phi) is 5.23. The van der Waals surface area contributed by atoms with Gasteiger partial charge in [-0.25, -0.2) is 0 Å². The van der Waals surface area contributed by atoms with Gasteiger partial charge >= 0.3 is 0 Å². The molecule has 1 saturated carbocycles. The van der Waals surface area contributed by atoms with E-state index in [0.29, 0.717) is 11.6 Å². The van der Waals surface area contributed by atoms with Crippen LogP contribution in [0.1, 0.15) is 47.3 Å². The first-order chi connectivity index (χ1) is 12.1. The summed E-state index contributed by atoms with van der Waals surface area (Å²) >= 11 is 0. The number of benzene rings is 1. The van der Waals surface area contributed by atoms with Crippen molar-refractivity contribution in [2.24, 2.45) is 0 Å². The van der Waals surface area contributed by atoms with E-state index in [1.54, 1.807) is 30.6 Å². The van der Waals surface area contributed by atoms with Gasteiger partial charge < -0.3 is 10.6 Å². The van der Waals surface area contributed by atoms with Gasteiger partial charge in [0.2, 0.25) is 5.91 Å². The Bertz CT molecular complexity index is 765. The van der Waals surface area contributed by atoms with Gasteiger partial charge in [0.05, 0.1) is 6.04 Å². The highest BCUT2D eigenvalue weighted by molar-refractivity contribution is 5.95. The number of amides is 2. The van der Waals surface area contributed by atoms with Gasteiger partial charge in [-0.1, -0.05) is 18.2 Å². The van der Waals surface area contributed by atoms with Crippen LogP contribution in [0.25, 0.3) is 6.08 Å². The molecule has 2 aromatic rings. The van der Waals surface area contributed by atoms with Gasteiger partial charge in [-0.15, -0.1) is 0 Å². The minimum Gasteiger partial charge on any atom is -0.349 e. The predicted octanol–water partition coefficient (Wildman–Crippen LogP) is 2.86. The van der Waals surface area contributed by atoms with Crippen LogP contribution in [-0.2, 0) is 4.79 Å². The molecule has 128 valence electrons. The van der Waals surface area contributed by atoms with Gasteiger partial charge in [-0.2, -0.15) is 0 Å². The van der Waals surface area contributed by atoms with Crippen LogP contribution >= 0.6 is 0 Å². The smallest absolute Gasteiger partial charge is 0.251 e. The monoisotopic (exact) mass is 335 g/mol. The van der Waals surface area contributed by atoms with Gasteiger partial charge in [0.15, 0.2) is 0 Å². The molecule has 0 saturated heterocycles. The average Bonchev–Trinajstić information content (AvgIpc) is 3.45. The molecule has 1 aliphatic rings. The zero-order valence-corrected chi connectivity index (χ0v) is 14.1. The quantitative estimate of drug-likeness (QED) is 0.798. The summed E-state index contributed by atoms with van der Waals surface area (Å²) in [6, 6.07) is 11.2. The molecule has 0 aliphatic heterocycles. The number of hydrogen-bond donors (Lipinski definition) is 2. The summed E-state index contributed by atoms with van der Waals surface area (Å²) in [5, 5.41) is 5.85. The number of pyridine rings is 1. The summed E-state index contributed by atoms with van der Waals surface area (Å²) in [5.74, 6) is -0.215. The molecule has 2 amide bonds. The molecule has 1 aromatic heterocycles. The molecule has 5 nitrogen and oxygen atoms in total. The van der Waals surface area contributed by atoms with Crippen LogP contribution in [-0.4, -0.2) is 22.8 Å². The van der Waals surface area contributed by atoms with Crippen molar-refractivity contribution in [1.82, 2.24) is 15.6 Å². The summed E-state index contributed by atoms with van der Waals surface area (Å²) in [7, 11) is 0. The second kappa shape index (κ2) is 7.75. The zero-order valence-electron chi connectivity index (χ0n) is 14.1. The van der Waals surface area contributed by atoms with Crippen molar-refractivity contribution in [3.63, 3.8) is 0 Å². The number of nitrogens with zero attached hydrogens (tertiary/aromatic N) is 1. The second-order valence-corrected chi connectivity index (χ2v) is 6.22. The fraction of sp³-hybridized carbons (Fsp3) is 0.250. The molecule has 0 bridgehead atoms. The van der Waals surface area contributed by atoms with Crippen molar-refractivity contribution in [2.75, 3.05) is 0 Å². The fourth-order valence-corrected chi connectivity index (χ4v) is 2.39. The van der Waals surface area contributed by atoms with Crippen molar-refractivity contribution in [3.8, 4) is 0 Å². The number of aromatic nitrogens is 1. The Hall–Kier alpha value is -2.95. The molecule has 0 radical (unpaired) electrons. The van der Waals surface area contributed by atoms with Crippen molar-refractivity contribution >= 4 is 17.9 Å². The average molecular weight is 335 g/mol. The Morgan fingerprint density at radius 3 is 2.60 bits per heavy atom. The van der Waals surface area contributed by atoms with E-state index >= 15 is 0 Å². The zero-order chi connectivity index (χ0) is 17.6. The van der Waals surface area contributed by atoms with Crippen molar-refractivity contribution in [3.05, 3.63) is 71.6 Å². The van der Waals surface area contributed by atoms with E-state index in [2.05, 4.69) is 15.6 Å². The molecule has 1 heterocycles. The molecular formula is C20H21N3O2. The van der Waals surface area contributed by atoms with Crippen LogP contribution in [0.15, 0.2) is 54.9 Å². The molecule has 3 rings (SSSR count). The minimum absolute atomic E-state index is 0.0407. The first kappa shape index (κ1) is 16.9. The van der Waals surface area contributed by atoms with Gasteiger partial charge in [-0.3, -0.25) is 14.6 Å². The van der Waals surface area contributed by atoms with Crippen LogP contribution in [0.4, 0.5) is 0 Å². The van der Waals surface area contributed by atoms with Gasteiger partial charge in [0.1, 0.15) is 0 Å². The lowest BCUT2D eigenvalue weighted by molar-refractivity contribution is -0.117. The summed E-state index contributed by atoms with van der Waals surface area (Å²) in [6.07, 6.45) is 8.80. The largest absolute Gasteiger partial charge is 0.349 e. The third kappa shape index (κ3) is 5.01. The van der Waals surface area contributed by atoms with Crippen molar-refractivity contribution in [2.45, 2.75) is 31.8 Å². The first-order valence-electron chi connectivity index (χ1n) is 8.41. The van der Waals surface area contributed by atoms with Crippen molar-refractivity contribution in [1.29, 1.82) is 0 Å². The molecular weight excluding hydrogens is 314 g/mol. The molecule has 2 N–H and O–H groups in total. The van der Waals surface area contributed by atoms with E-state index < -0.39 is 0 Å². The highest BCUT2D eigenvalue weighted by atomic mass is 16.2. The highest BCUT2D eigenvalue weighted by Gasteiger charge is 2.23. The van der Waals surface area contributed by atoms with Crippen LogP contribution in [0.3, 0.4) is 0 Å². The number of carbonyl (C=O) groups is 2. The number of hydrogen-bond acceptors (Lipinski definition) is 3. The number of nitrogens with one attached hydrogen (secondary N) is 2. The van der Waals surface area contributed by atoms with Gasteiger partial charge in [0, 0.05) is 30.1 Å². The third-order valence-electron chi connectivity index (χ3n) is 4.06. The van der Waals surface area contributed by atoms with E-state index in [0.717, 1.165) is 24.0 Å². The first-order valence-corrected chi connectivity index (χ1v) is 8.41. The maximum atomic E-state index is 12.0. The Labute approximate surface area is 147 Å². The molecule has 1 fully saturated rings. The van der Waals surface area contributed by atoms with Crippen LogP contribution in [0.2, 0.25) is 0 Å². The summed E-state index contributed by atoms with van der Waals surface area (Å²) in [6.45, 7) is 1.91. The SMILES string of the molecule is C[C@H](NC(=O)/C=C\c1ccc(C(=O)NC2CC2)cc1)c1cccnc1. The molecule has 1 aliphatic carbocycles. The molecule has 1 atom stereocenters. The van der Waals surface area contributed by atoms with E-state index in [-0.39, 0.29) is 17.9 Å². The van der Waals surface area contributed by atoms with Gasteiger partial charge in [-0.05, 0) is 55.2 Å². The van der Waals surface area contributed by atoms with Crippen LogP contribution in [0, 0.1) is 0 Å². The molecule has 0 spiro atoms. The predicted molar refractivity (Wildman–Crippen MR) is 96.8 cm³/mol. The maximum Gasteiger partial charge on any atom is 0.251 e. The van der Waals surface area contributed by atoms with E-state index in [1.165, 1.54) is 6.08 Å². The number of rotatable bonds is 6. The lowest BCUT2D eigenvalue weighted by atomic mass is 10.1. The van der Waals surface area contributed by atoms with Crippen LogP contribution < -0.4 is 10.6 Å². The normalized spacial score (nSPS) is 14.9. The van der Waals surface area contributed by atoms with E-state index in [4.69, 9.17) is 0 Å². The second-order valence-electron chi connectivity index (χ2n) is 6.22. The van der Waals surface area contributed by atoms with Crippen LogP contribution in [0.5, 0.6) is 0 Å². The maximum absolute atomic E-state index is 12.0. The third-order valence-corrected chi connectivity index (χ3v) is 4.06. The van der Waals surface area contributed by atoms with E-state index in [9.17, 15) is 9.59 Å². The Balaban J connectivity index is 1.54. The standard InChI is InChI=1S/C20H21N3O2/c1-14(17-3-2-12-21-13-17)22-19(24)11-6-15-4-7-16(8-5-15)20(25)23-18-9-10-18/h2-8,11-14,18H,9-10H2,1H3,(H,22,24)(H,23,25)/b11-6-/t14-/m0/s1. The number of carbonyl (C=O) groups excluding carboxylic acids is 2. The van der Waals surface area contributed by atoms with Crippen molar-refractivity contribution < 1.29 is 9.59 Å². The fourth-order valence-electron chi connectivity index (χ4n) is 2.39. The molecule has 5 heteroatoms. The Morgan fingerprint density at radius 2 is 1.96 bits per heavy atom. The van der Waals surface area contributed by atoms with E-state index in [1.807, 2.05) is 31.2 Å². The lowest BCUT2D eigenvalue weighted by Gasteiger charge is -2.12. The summed E-state index contributed by atoms with van der Waals surface area (Å²) in [4.78, 5) is 28.0. The molecule has 0 unspecified atom stereocenters. The topological polar surface area (TPSA) is 71.1 Å². The molecule has 25 heavy (non-hydrogen) atoms. The summed E-state index contributed by atoms with van der Waals surface area (Å²) < 4.78 is 0. The molecule has 1 aromatic carbocycles. The lowest BCUT2D eigenvalue weighted by Crippen LogP contribution is -2.25. The highest BCUT2D eigenvalue weighted by Crippen LogP contribution is 2.19. The Morgan fingerprint density at radius 1 is 1.20 bits per heavy atom. The minimum atomic E-state index is -0.174. The summed E-state index contributed by atoms with van der Waals surface area (Å²) in [5.41, 5.74) is 2.46. The van der Waals surface area contributed by atoms with Gasteiger partial charge in [0.25, 0.3) is 5.91 Å².